The van der Waals surface area contributed by atoms with Crippen LogP contribution < -0.4 is 5.63 Å². The number of likely N-dealkylation sites (tertiary alicyclic amines) is 1. The minimum absolute atomic E-state index is 0.0278. The molecule has 6 nitrogen and oxygen atoms in total. The summed E-state index contributed by atoms with van der Waals surface area (Å²) in [7, 11) is 0. The van der Waals surface area contributed by atoms with Gasteiger partial charge in [0.1, 0.15) is 11.3 Å². The Kier molecular flexibility index (Phi) is 5.32. The van der Waals surface area contributed by atoms with Gasteiger partial charge in [0.05, 0.1) is 18.0 Å². The zero-order valence-electron chi connectivity index (χ0n) is 20.2. The molecule has 0 saturated carbocycles. The lowest BCUT2D eigenvalue weighted by atomic mass is 9.68. The molecule has 1 N–H and O–H groups in total. The molecule has 3 fully saturated rings. The SMILES string of the molecule is Cc1c(CC(=O)N2CCCC3=CC4CC(CN5CCCC[C@H]45)[C@@H]32)c(=O)oc2c(C)c(O)ccc12. The van der Waals surface area contributed by atoms with Crippen molar-refractivity contribution in [1.29, 1.82) is 0 Å². The fourth-order valence-corrected chi connectivity index (χ4v) is 7.29. The number of nitrogens with zero attached hydrogens (tertiary/aromatic N) is 2. The summed E-state index contributed by atoms with van der Waals surface area (Å²) in [4.78, 5) is 31.4. The predicted octanol–water partition coefficient (Wildman–Crippen LogP) is 4.08. The van der Waals surface area contributed by atoms with Crippen molar-refractivity contribution < 1.29 is 14.3 Å². The van der Waals surface area contributed by atoms with Crippen molar-refractivity contribution in [3.8, 4) is 5.75 Å². The maximum atomic E-state index is 13.7. The second kappa shape index (κ2) is 8.26. The van der Waals surface area contributed by atoms with Gasteiger partial charge in [-0.05, 0) is 82.0 Å². The van der Waals surface area contributed by atoms with Gasteiger partial charge in [-0.25, -0.2) is 4.79 Å². The summed E-state index contributed by atoms with van der Waals surface area (Å²) < 4.78 is 5.60. The molecule has 2 unspecified atom stereocenters. The molecule has 6 rings (SSSR count). The highest BCUT2D eigenvalue weighted by molar-refractivity contribution is 5.87. The van der Waals surface area contributed by atoms with Crippen LogP contribution >= 0.6 is 0 Å². The van der Waals surface area contributed by atoms with Gasteiger partial charge in [0.25, 0.3) is 0 Å². The molecule has 1 aliphatic carbocycles. The molecule has 4 atom stereocenters. The lowest BCUT2D eigenvalue weighted by molar-refractivity contribution is -0.135. The van der Waals surface area contributed by atoms with E-state index in [2.05, 4.69) is 15.9 Å². The number of fused-ring (bicyclic) bond motifs is 7. The number of carbonyl (C=O) groups is 1. The molecule has 4 aliphatic rings. The zero-order chi connectivity index (χ0) is 23.6. The molecule has 3 aliphatic heterocycles. The van der Waals surface area contributed by atoms with Crippen LogP contribution in [0, 0.1) is 25.7 Å². The summed E-state index contributed by atoms with van der Waals surface area (Å²) in [6.45, 7) is 6.65. The fourth-order valence-electron chi connectivity index (χ4n) is 7.29. The van der Waals surface area contributed by atoms with E-state index in [0.717, 1.165) is 36.9 Å². The van der Waals surface area contributed by atoms with Crippen LogP contribution in [0.4, 0.5) is 0 Å². The van der Waals surface area contributed by atoms with Crippen LogP contribution in [0.3, 0.4) is 0 Å². The first-order chi connectivity index (χ1) is 16.4. The molecule has 1 amide bonds. The Morgan fingerprint density at radius 3 is 2.85 bits per heavy atom. The summed E-state index contributed by atoms with van der Waals surface area (Å²) in [6.07, 6.45) is 9.78. The predicted molar refractivity (Wildman–Crippen MR) is 131 cm³/mol. The van der Waals surface area contributed by atoms with Crippen molar-refractivity contribution in [3.63, 3.8) is 0 Å². The minimum Gasteiger partial charge on any atom is -0.508 e. The number of rotatable bonds is 2. The Balaban J connectivity index is 1.31. The number of phenols is 1. The maximum absolute atomic E-state index is 13.7. The third-order valence-corrected chi connectivity index (χ3v) is 8.98. The number of carbonyl (C=O) groups excluding carboxylic acids is 1. The fraction of sp³-hybridized carbons (Fsp3) is 0.571. The number of piperidine rings is 3. The van der Waals surface area contributed by atoms with E-state index >= 15 is 0 Å². The number of amides is 1. The van der Waals surface area contributed by atoms with E-state index in [1.807, 2.05) is 6.92 Å². The number of hydrogen-bond donors (Lipinski definition) is 1. The van der Waals surface area contributed by atoms with Gasteiger partial charge < -0.3 is 14.4 Å². The second-order valence-corrected chi connectivity index (χ2v) is 10.9. The molecular weight excluding hydrogens is 428 g/mol. The number of aromatic hydroxyl groups is 1. The van der Waals surface area contributed by atoms with E-state index in [4.69, 9.17) is 4.42 Å². The largest absolute Gasteiger partial charge is 0.508 e. The Morgan fingerprint density at radius 1 is 1.15 bits per heavy atom. The lowest BCUT2D eigenvalue weighted by Crippen LogP contribution is -2.60. The maximum Gasteiger partial charge on any atom is 0.340 e. The monoisotopic (exact) mass is 462 g/mol. The molecular formula is C28H34N2O4. The third-order valence-electron chi connectivity index (χ3n) is 8.98. The normalized spacial score (nSPS) is 28.9. The third kappa shape index (κ3) is 3.41. The number of benzene rings is 1. The van der Waals surface area contributed by atoms with E-state index in [1.165, 1.54) is 37.8 Å². The van der Waals surface area contributed by atoms with Crippen LogP contribution in [0.5, 0.6) is 5.75 Å². The van der Waals surface area contributed by atoms with Crippen LogP contribution in [-0.2, 0) is 11.2 Å². The Hall–Kier alpha value is -2.60. The molecule has 3 saturated heterocycles. The molecule has 0 radical (unpaired) electrons. The summed E-state index contributed by atoms with van der Waals surface area (Å²) in [6, 6.07) is 4.25. The summed E-state index contributed by atoms with van der Waals surface area (Å²) in [5.74, 6) is 1.25. The molecule has 2 aromatic rings. The quantitative estimate of drug-likeness (QED) is 0.538. The summed E-state index contributed by atoms with van der Waals surface area (Å²) in [5.41, 5.74) is 3.14. The minimum atomic E-state index is -0.475. The van der Waals surface area contributed by atoms with E-state index < -0.39 is 5.63 Å². The van der Waals surface area contributed by atoms with Crippen LogP contribution in [-0.4, -0.2) is 52.5 Å². The Bertz CT molecular complexity index is 1250. The van der Waals surface area contributed by atoms with Gasteiger partial charge >= 0.3 is 5.63 Å². The van der Waals surface area contributed by atoms with Crippen molar-refractivity contribution >= 4 is 16.9 Å². The lowest BCUT2D eigenvalue weighted by Gasteiger charge is -2.54. The molecule has 180 valence electrons. The zero-order valence-corrected chi connectivity index (χ0v) is 20.2. The van der Waals surface area contributed by atoms with E-state index in [1.54, 1.807) is 19.1 Å². The van der Waals surface area contributed by atoms with Gasteiger partial charge in [0, 0.05) is 30.1 Å². The topological polar surface area (TPSA) is 74.0 Å². The Labute approximate surface area is 200 Å². The van der Waals surface area contributed by atoms with E-state index in [9.17, 15) is 14.7 Å². The highest BCUT2D eigenvalue weighted by atomic mass is 16.4. The van der Waals surface area contributed by atoms with Crippen molar-refractivity contribution in [2.24, 2.45) is 11.8 Å². The van der Waals surface area contributed by atoms with Gasteiger partial charge in [-0.15, -0.1) is 0 Å². The number of phenolic OH excluding ortho intramolecular Hbond substituents is 1. The highest BCUT2D eigenvalue weighted by Crippen LogP contribution is 2.45. The van der Waals surface area contributed by atoms with Crippen LogP contribution in [0.15, 0.2) is 33.0 Å². The summed E-state index contributed by atoms with van der Waals surface area (Å²) >= 11 is 0. The molecule has 34 heavy (non-hydrogen) atoms. The molecule has 2 bridgehead atoms. The van der Waals surface area contributed by atoms with Gasteiger partial charge in [0.15, 0.2) is 0 Å². The molecule has 6 heteroatoms. The standard InChI is InChI=1S/C28H34N2O4/c1-16-21-8-9-24(31)17(2)27(21)34-28(33)22(16)14-25(32)30-11-5-6-18-12-19-13-20(26(18)30)15-29-10-4-3-7-23(19)29/h8-9,12,19-20,23,26,31H,3-7,10-11,13-15H2,1-2H3/t19?,20?,23-,26-/m1/s1. The molecule has 1 aromatic heterocycles. The Morgan fingerprint density at radius 2 is 2.00 bits per heavy atom. The van der Waals surface area contributed by atoms with Crippen molar-refractivity contribution in [2.45, 2.75) is 70.9 Å². The van der Waals surface area contributed by atoms with Crippen LogP contribution in [0.25, 0.3) is 11.0 Å². The van der Waals surface area contributed by atoms with Gasteiger partial charge in [-0.1, -0.05) is 18.1 Å². The second-order valence-electron chi connectivity index (χ2n) is 10.9. The van der Waals surface area contributed by atoms with E-state index in [0.29, 0.717) is 34.6 Å². The average Bonchev–Trinajstić information content (AvgIpc) is 2.84. The highest BCUT2D eigenvalue weighted by Gasteiger charge is 2.46. The number of aryl methyl sites for hydroxylation is 2. The first kappa shape index (κ1) is 21.9. The molecule has 4 heterocycles. The molecule has 0 spiro atoms. The van der Waals surface area contributed by atoms with Crippen molar-refractivity contribution in [1.82, 2.24) is 9.80 Å². The average molecular weight is 463 g/mol. The van der Waals surface area contributed by atoms with Gasteiger partial charge in [0.2, 0.25) is 5.91 Å². The van der Waals surface area contributed by atoms with E-state index in [-0.39, 0.29) is 24.1 Å². The smallest absolute Gasteiger partial charge is 0.340 e. The van der Waals surface area contributed by atoms with Crippen molar-refractivity contribution in [3.05, 3.63) is 50.9 Å². The van der Waals surface area contributed by atoms with Crippen LogP contribution in [0.1, 0.15) is 55.2 Å². The van der Waals surface area contributed by atoms with Gasteiger partial charge in [-0.2, -0.15) is 0 Å². The van der Waals surface area contributed by atoms with Crippen molar-refractivity contribution in [2.75, 3.05) is 19.6 Å². The van der Waals surface area contributed by atoms with Gasteiger partial charge in [-0.3, -0.25) is 9.69 Å². The first-order valence-electron chi connectivity index (χ1n) is 12.9. The number of hydrogen-bond acceptors (Lipinski definition) is 5. The summed E-state index contributed by atoms with van der Waals surface area (Å²) in [5, 5.41) is 10.8. The molecule has 1 aromatic carbocycles. The van der Waals surface area contributed by atoms with Crippen LogP contribution in [0.2, 0.25) is 0 Å². The first-order valence-corrected chi connectivity index (χ1v) is 12.9.